The largest absolute Gasteiger partial charge is 0.0998 e. The molecule has 0 heterocycles. The summed E-state index contributed by atoms with van der Waals surface area (Å²) in [5, 5.41) is 0. The van der Waals surface area contributed by atoms with Crippen LogP contribution in [0, 0.1) is 11.8 Å². The summed E-state index contributed by atoms with van der Waals surface area (Å²) in [5.41, 5.74) is 2.67. The summed E-state index contributed by atoms with van der Waals surface area (Å²) in [7, 11) is 0. The van der Waals surface area contributed by atoms with Crippen molar-refractivity contribution >= 4 is 0 Å². The van der Waals surface area contributed by atoms with Crippen molar-refractivity contribution in [2.45, 2.75) is 26.7 Å². The summed E-state index contributed by atoms with van der Waals surface area (Å²) < 4.78 is 0. The van der Waals surface area contributed by atoms with Crippen molar-refractivity contribution in [2.24, 2.45) is 11.8 Å². The molecule has 0 nitrogen and oxygen atoms in total. The predicted octanol–water partition coefficient (Wildman–Crippen LogP) is 3.16. The van der Waals surface area contributed by atoms with Gasteiger partial charge in [0.2, 0.25) is 0 Å². The summed E-state index contributed by atoms with van der Waals surface area (Å²) >= 11 is 0. The van der Waals surface area contributed by atoms with Gasteiger partial charge in [-0.15, -0.1) is 0 Å². The third-order valence-corrected chi connectivity index (χ3v) is 2.54. The minimum atomic E-state index is 0.748. The van der Waals surface area contributed by atoms with Crippen molar-refractivity contribution in [1.82, 2.24) is 0 Å². The van der Waals surface area contributed by atoms with Crippen molar-refractivity contribution < 1.29 is 0 Å². The standard InChI is InChI=1S/C10H16/c1-7(2)9-5-6-10(9)8(3)4/h9-10H,1,3,5-6H2,2,4H3/t9-,10-/m0/s1. The lowest BCUT2D eigenvalue weighted by molar-refractivity contribution is 0.257. The van der Waals surface area contributed by atoms with Crippen molar-refractivity contribution in [3.8, 4) is 0 Å². The third kappa shape index (κ3) is 1.16. The molecular formula is C10H16. The Balaban J connectivity index is 2.51. The molecule has 1 saturated carbocycles. The van der Waals surface area contributed by atoms with E-state index in [0.29, 0.717) is 0 Å². The van der Waals surface area contributed by atoms with Gasteiger partial charge in [-0.3, -0.25) is 0 Å². The van der Waals surface area contributed by atoms with Crippen LogP contribution in [0.15, 0.2) is 24.3 Å². The van der Waals surface area contributed by atoms with Crippen LogP contribution < -0.4 is 0 Å². The highest BCUT2D eigenvalue weighted by Gasteiger charge is 2.31. The Kier molecular flexibility index (Phi) is 1.98. The molecular weight excluding hydrogens is 120 g/mol. The van der Waals surface area contributed by atoms with Gasteiger partial charge in [0.15, 0.2) is 0 Å². The van der Waals surface area contributed by atoms with E-state index in [2.05, 4.69) is 27.0 Å². The van der Waals surface area contributed by atoms with Crippen LogP contribution in [0.25, 0.3) is 0 Å². The molecule has 0 unspecified atom stereocenters. The van der Waals surface area contributed by atoms with E-state index >= 15 is 0 Å². The molecule has 1 fully saturated rings. The van der Waals surface area contributed by atoms with Crippen molar-refractivity contribution in [3.05, 3.63) is 24.3 Å². The molecule has 0 N–H and O–H groups in total. The summed E-state index contributed by atoms with van der Waals surface area (Å²) in [4.78, 5) is 0. The fourth-order valence-electron chi connectivity index (χ4n) is 1.68. The molecule has 0 heteroatoms. The van der Waals surface area contributed by atoms with E-state index in [1.807, 2.05) is 0 Å². The Morgan fingerprint density at radius 1 is 1.00 bits per heavy atom. The quantitative estimate of drug-likeness (QED) is 0.511. The maximum absolute atomic E-state index is 3.97. The van der Waals surface area contributed by atoms with Gasteiger partial charge in [-0.1, -0.05) is 24.3 Å². The summed E-state index contributed by atoms with van der Waals surface area (Å²) in [6, 6.07) is 0. The van der Waals surface area contributed by atoms with Crippen LogP contribution in [0.5, 0.6) is 0 Å². The molecule has 0 spiro atoms. The molecule has 0 aromatic rings. The average Bonchev–Trinajstić information content (AvgIpc) is 1.56. The van der Waals surface area contributed by atoms with Crippen LogP contribution in [0.4, 0.5) is 0 Å². The Bertz CT molecular complexity index is 145. The Hall–Kier alpha value is -0.520. The molecule has 56 valence electrons. The topological polar surface area (TPSA) is 0 Å². The molecule has 10 heavy (non-hydrogen) atoms. The first-order valence-corrected chi connectivity index (χ1v) is 3.93. The number of rotatable bonds is 2. The molecule has 0 aliphatic heterocycles. The highest BCUT2D eigenvalue weighted by atomic mass is 14.4. The third-order valence-electron chi connectivity index (χ3n) is 2.54. The van der Waals surface area contributed by atoms with Gasteiger partial charge in [0.1, 0.15) is 0 Å². The molecule has 1 aliphatic carbocycles. The first-order chi connectivity index (χ1) is 4.63. The van der Waals surface area contributed by atoms with Crippen molar-refractivity contribution in [3.63, 3.8) is 0 Å². The Morgan fingerprint density at radius 2 is 1.30 bits per heavy atom. The van der Waals surface area contributed by atoms with Crippen LogP contribution in [0.3, 0.4) is 0 Å². The minimum absolute atomic E-state index is 0.748. The average molecular weight is 136 g/mol. The van der Waals surface area contributed by atoms with E-state index in [-0.39, 0.29) is 0 Å². The van der Waals surface area contributed by atoms with Crippen LogP contribution in [0.1, 0.15) is 26.7 Å². The fraction of sp³-hybridized carbons (Fsp3) is 0.600. The van der Waals surface area contributed by atoms with Gasteiger partial charge >= 0.3 is 0 Å². The lowest BCUT2D eigenvalue weighted by atomic mass is 9.67. The second kappa shape index (κ2) is 2.61. The zero-order chi connectivity index (χ0) is 7.72. The zero-order valence-corrected chi connectivity index (χ0v) is 6.98. The molecule has 1 aliphatic rings. The smallest absolute Gasteiger partial charge is 0.0143 e. The van der Waals surface area contributed by atoms with Crippen LogP contribution in [-0.4, -0.2) is 0 Å². The molecule has 2 atom stereocenters. The number of hydrogen-bond donors (Lipinski definition) is 0. The van der Waals surface area contributed by atoms with Crippen LogP contribution >= 0.6 is 0 Å². The number of hydrogen-bond acceptors (Lipinski definition) is 0. The van der Waals surface area contributed by atoms with E-state index in [1.54, 1.807) is 0 Å². The molecule has 0 radical (unpaired) electrons. The molecule has 0 amide bonds. The summed E-state index contributed by atoms with van der Waals surface area (Å²) in [5.74, 6) is 1.50. The van der Waals surface area contributed by atoms with E-state index in [4.69, 9.17) is 0 Å². The monoisotopic (exact) mass is 136 g/mol. The molecule has 0 bridgehead atoms. The summed E-state index contributed by atoms with van der Waals surface area (Å²) in [6.07, 6.45) is 2.65. The second-order valence-corrected chi connectivity index (χ2v) is 3.48. The van der Waals surface area contributed by atoms with Crippen molar-refractivity contribution in [1.29, 1.82) is 0 Å². The Labute approximate surface area is 63.6 Å². The van der Waals surface area contributed by atoms with Gasteiger partial charge in [-0.25, -0.2) is 0 Å². The lowest BCUT2D eigenvalue weighted by Gasteiger charge is -2.37. The zero-order valence-electron chi connectivity index (χ0n) is 6.98. The Morgan fingerprint density at radius 3 is 1.40 bits per heavy atom. The minimum Gasteiger partial charge on any atom is -0.0998 e. The normalized spacial score (nSPS) is 31.0. The lowest BCUT2D eigenvalue weighted by Crippen LogP contribution is -2.26. The van der Waals surface area contributed by atoms with Crippen LogP contribution in [0.2, 0.25) is 0 Å². The van der Waals surface area contributed by atoms with Gasteiger partial charge in [0.05, 0.1) is 0 Å². The highest BCUT2D eigenvalue weighted by Crippen LogP contribution is 2.42. The first kappa shape index (κ1) is 7.59. The van der Waals surface area contributed by atoms with E-state index in [1.165, 1.54) is 24.0 Å². The molecule has 0 saturated heterocycles. The van der Waals surface area contributed by atoms with Crippen LogP contribution in [-0.2, 0) is 0 Å². The molecule has 1 rings (SSSR count). The predicted molar refractivity (Wildman–Crippen MR) is 45.8 cm³/mol. The maximum Gasteiger partial charge on any atom is -0.0143 e. The fourth-order valence-corrected chi connectivity index (χ4v) is 1.68. The van der Waals surface area contributed by atoms with E-state index in [9.17, 15) is 0 Å². The van der Waals surface area contributed by atoms with E-state index in [0.717, 1.165) is 11.8 Å². The van der Waals surface area contributed by atoms with Gasteiger partial charge < -0.3 is 0 Å². The SMILES string of the molecule is C=C(C)[C@@H]1CC[C@H]1C(=C)C. The highest BCUT2D eigenvalue weighted by molar-refractivity contribution is 5.13. The molecule has 0 aromatic heterocycles. The number of allylic oxidation sites excluding steroid dienone is 2. The van der Waals surface area contributed by atoms with Gasteiger partial charge in [0.25, 0.3) is 0 Å². The van der Waals surface area contributed by atoms with E-state index < -0.39 is 0 Å². The first-order valence-electron chi connectivity index (χ1n) is 3.93. The van der Waals surface area contributed by atoms with Crippen molar-refractivity contribution in [2.75, 3.05) is 0 Å². The maximum atomic E-state index is 3.97. The van der Waals surface area contributed by atoms with Gasteiger partial charge in [0, 0.05) is 0 Å². The second-order valence-electron chi connectivity index (χ2n) is 3.48. The molecule has 0 aromatic carbocycles. The van der Waals surface area contributed by atoms with Gasteiger partial charge in [-0.2, -0.15) is 0 Å². The summed E-state index contributed by atoms with van der Waals surface area (Å²) in [6.45, 7) is 12.2. The van der Waals surface area contributed by atoms with Gasteiger partial charge in [-0.05, 0) is 38.5 Å².